The lowest BCUT2D eigenvalue weighted by atomic mass is 10.0. The number of carbonyl (C=O) groups excluding carboxylic acids is 5. The largest absolute Gasteiger partial charge is 0.508 e. The van der Waals surface area contributed by atoms with E-state index in [0.717, 1.165) is 6.42 Å². The van der Waals surface area contributed by atoms with Gasteiger partial charge in [0.1, 0.15) is 30.2 Å². The van der Waals surface area contributed by atoms with E-state index in [1.54, 1.807) is 12.1 Å². The number of hydrogen-bond donors (Lipinski definition) is 6. The van der Waals surface area contributed by atoms with Crippen LogP contribution in [0, 0.1) is 0 Å². The third-order valence-electron chi connectivity index (χ3n) is 5.46. The molecule has 0 aromatic heterocycles. The minimum absolute atomic E-state index is 0.0556. The number of rotatable bonds is 16. The van der Waals surface area contributed by atoms with Gasteiger partial charge < -0.3 is 36.3 Å². The second-order valence-corrected chi connectivity index (χ2v) is 8.74. The number of aldehydes is 1. The summed E-state index contributed by atoms with van der Waals surface area (Å²) >= 11 is 0. The Bertz CT molecular complexity index is 951. The Morgan fingerprint density at radius 1 is 0.892 bits per heavy atom. The standard InChI is InChI=1S/C25H36N4O8/c1-4-5-6-20(24(36)26-15(2)23(35)28-18(14-30)9-12-22(33)34)29-25(37)21(27-16(3)31)13-17-7-10-19(32)11-8-17/h7-8,10-11,14-15,18,20-21,32H,4-6,9,12-13H2,1-3H3,(H,26,36)(H,27,31)(H,28,35)(H,29,37)(H,33,34)/t15-,18-,20-,21-/m0/s1. The van der Waals surface area contributed by atoms with E-state index in [2.05, 4.69) is 21.3 Å². The molecule has 0 saturated heterocycles. The molecule has 12 heteroatoms. The first-order valence-electron chi connectivity index (χ1n) is 12.1. The molecule has 1 rings (SSSR count). The maximum atomic E-state index is 13.0. The Morgan fingerprint density at radius 2 is 1.51 bits per heavy atom. The van der Waals surface area contributed by atoms with Crippen molar-refractivity contribution in [3.8, 4) is 5.75 Å². The molecule has 6 N–H and O–H groups in total. The van der Waals surface area contributed by atoms with Crippen molar-refractivity contribution in [2.24, 2.45) is 0 Å². The number of hydrogen-bond acceptors (Lipinski definition) is 7. The van der Waals surface area contributed by atoms with E-state index >= 15 is 0 Å². The lowest BCUT2D eigenvalue weighted by Gasteiger charge is -2.24. The average molecular weight is 521 g/mol. The quantitative estimate of drug-likeness (QED) is 0.166. The maximum Gasteiger partial charge on any atom is 0.303 e. The molecule has 0 aliphatic rings. The molecular formula is C25H36N4O8. The van der Waals surface area contributed by atoms with Crippen molar-refractivity contribution in [1.82, 2.24) is 21.3 Å². The van der Waals surface area contributed by atoms with Crippen molar-refractivity contribution in [2.45, 2.75) is 83.5 Å². The Hall–Kier alpha value is -3.96. The number of nitrogens with one attached hydrogen (secondary N) is 4. The van der Waals surface area contributed by atoms with Gasteiger partial charge in [-0.15, -0.1) is 0 Å². The molecule has 0 fully saturated rings. The third kappa shape index (κ3) is 12.0. The van der Waals surface area contributed by atoms with Gasteiger partial charge in [0.15, 0.2) is 0 Å². The molecule has 1 aromatic rings. The van der Waals surface area contributed by atoms with Crippen LogP contribution in [-0.4, -0.2) is 70.3 Å². The van der Waals surface area contributed by atoms with Crippen LogP contribution < -0.4 is 21.3 Å². The summed E-state index contributed by atoms with van der Waals surface area (Å²) in [6, 6.07) is 2.08. The number of phenols is 1. The number of carboxylic acids is 1. The van der Waals surface area contributed by atoms with Gasteiger partial charge in [0.2, 0.25) is 23.6 Å². The second kappa shape index (κ2) is 15.9. The predicted molar refractivity (Wildman–Crippen MR) is 133 cm³/mol. The van der Waals surface area contributed by atoms with Crippen LogP contribution in [0.1, 0.15) is 58.4 Å². The van der Waals surface area contributed by atoms with Crippen LogP contribution in [0.15, 0.2) is 24.3 Å². The van der Waals surface area contributed by atoms with Crippen molar-refractivity contribution >= 4 is 35.9 Å². The molecular weight excluding hydrogens is 484 g/mol. The van der Waals surface area contributed by atoms with Crippen LogP contribution in [0.5, 0.6) is 5.75 Å². The Balaban J connectivity index is 2.88. The van der Waals surface area contributed by atoms with Crippen LogP contribution in [0.4, 0.5) is 0 Å². The summed E-state index contributed by atoms with van der Waals surface area (Å²) in [5.74, 6) is -3.39. The number of aromatic hydroxyl groups is 1. The second-order valence-electron chi connectivity index (χ2n) is 8.74. The number of benzene rings is 1. The SMILES string of the molecule is CCCC[C@H](NC(=O)[C@H](Cc1ccc(O)cc1)NC(C)=O)C(=O)N[C@@H](C)C(=O)N[C@H](C=O)CCC(=O)O. The number of unbranched alkanes of at least 4 members (excludes halogenated alkanes) is 1. The predicted octanol–water partition coefficient (Wildman–Crippen LogP) is 0.168. The highest BCUT2D eigenvalue weighted by Gasteiger charge is 2.28. The smallest absolute Gasteiger partial charge is 0.303 e. The van der Waals surface area contributed by atoms with E-state index in [1.165, 1.54) is 26.0 Å². The molecule has 12 nitrogen and oxygen atoms in total. The molecule has 0 bridgehead atoms. The fourth-order valence-electron chi connectivity index (χ4n) is 3.41. The molecule has 0 saturated carbocycles. The lowest BCUT2D eigenvalue weighted by molar-refractivity contribution is -0.137. The van der Waals surface area contributed by atoms with Gasteiger partial charge in [-0.25, -0.2) is 0 Å². The summed E-state index contributed by atoms with van der Waals surface area (Å²) in [6.45, 7) is 4.58. The van der Waals surface area contributed by atoms with E-state index in [9.17, 15) is 33.9 Å². The van der Waals surface area contributed by atoms with Crippen molar-refractivity contribution in [1.29, 1.82) is 0 Å². The molecule has 4 amide bonds. The van der Waals surface area contributed by atoms with Crippen LogP contribution in [0.3, 0.4) is 0 Å². The van der Waals surface area contributed by atoms with Crippen LogP contribution in [0.2, 0.25) is 0 Å². The van der Waals surface area contributed by atoms with E-state index in [1.807, 2.05) is 6.92 Å². The van der Waals surface area contributed by atoms with Gasteiger partial charge in [-0.2, -0.15) is 0 Å². The van der Waals surface area contributed by atoms with Gasteiger partial charge in [-0.05, 0) is 37.5 Å². The fraction of sp³-hybridized carbons (Fsp3) is 0.520. The molecule has 0 spiro atoms. The lowest BCUT2D eigenvalue weighted by Crippen LogP contribution is -2.57. The van der Waals surface area contributed by atoms with Gasteiger partial charge >= 0.3 is 5.97 Å². The number of phenolic OH excluding ortho intramolecular Hbond substituents is 1. The molecule has 0 aliphatic heterocycles. The van der Waals surface area contributed by atoms with Crippen molar-refractivity contribution in [2.75, 3.05) is 0 Å². The van der Waals surface area contributed by atoms with Crippen molar-refractivity contribution in [3.05, 3.63) is 29.8 Å². The normalized spacial score (nSPS) is 13.8. The molecule has 4 atom stereocenters. The maximum absolute atomic E-state index is 13.0. The monoisotopic (exact) mass is 520 g/mol. The Labute approximate surface area is 215 Å². The number of carbonyl (C=O) groups is 6. The van der Waals surface area contributed by atoms with E-state index in [-0.39, 0.29) is 31.4 Å². The topological polar surface area (TPSA) is 191 Å². The van der Waals surface area contributed by atoms with Gasteiger partial charge in [0.05, 0.1) is 6.04 Å². The molecule has 0 heterocycles. The minimum Gasteiger partial charge on any atom is -0.508 e. The highest BCUT2D eigenvalue weighted by molar-refractivity contribution is 5.94. The van der Waals surface area contributed by atoms with Gasteiger partial charge in [0.25, 0.3) is 0 Å². The van der Waals surface area contributed by atoms with Gasteiger partial charge in [0, 0.05) is 19.8 Å². The first-order valence-corrected chi connectivity index (χ1v) is 12.1. The van der Waals surface area contributed by atoms with E-state index < -0.39 is 53.8 Å². The summed E-state index contributed by atoms with van der Waals surface area (Å²) in [4.78, 5) is 72.0. The Kier molecular flexibility index (Phi) is 13.4. The summed E-state index contributed by atoms with van der Waals surface area (Å²) in [5, 5.41) is 28.3. The zero-order valence-corrected chi connectivity index (χ0v) is 21.3. The zero-order chi connectivity index (χ0) is 28.0. The number of amides is 4. The van der Waals surface area contributed by atoms with E-state index in [4.69, 9.17) is 5.11 Å². The minimum atomic E-state index is -1.11. The fourth-order valence-corrected chi connectivity index (χ4v) is 3.41. The molecule has 204 valence electrons. The molecule has 1 aromatic carbocycles. The molecule has 0 aliphatic carbocycles. The van der Waals surface area contributed by atoms with Crippen molar-refractivity contribution < 1.29 is 39.0 Å². The highest BCUT2D eigenvalue weighted by atomic mass is 16.4. The van der Waals surface area contributed by atoms with Gasteiger partial charge in [-0.1, -0.05) is 31.9 Å². The van der Waals surface area contributed by atoms with E-state index in [0.29, 0.717) is 18.3 Å². The van der Waals surface area contributed by atoms with Crippen molar-refractivity contribution in [3.63, 3.8) is 0 Å². The summed E-state index contributed by atoms with van der Waals surface area (Å²) in [7, 11) is 0. The van der Waals surface area contributed by atoms with Crippen LogP contribution >= 0.6 is 0 Å². The Morgan fingerprint density at radius 3 is 2.05 bits per heavy atom. The zero-order valence-electron chi connectivity index (χ0n) is 21.3. The summed E-state index contributed by atoms with van der Waals surface area (Å²) in [6.07, 6.45) is 1.77. The van der Waals surface area contributed by atoms with Gasteiger partial charge in [-0.3, -0.25) is 24.0 Å². The number of aliphatic carboxylic acids is 1. The van der Waals surface area contributed by atoms with Crippen LogP contribution in [-0.2, 0) is 35.2 Å². The first kappa shape index (κ1) is 31.1. The molecule has 0 radical (unpaired) electrons. The molecule has 0 unspecified atom stereocenters. The summed E-state index contributed by atoms with van der Waals surface area (Å²) < 4.78 is 0. The number of carboxylic acid groups (broad SMARTS) is 1. The first-order chi connectivity index (χ1) is 17.5. The van der Waals surface area contributed by atoms with Crippen LogP contribution in [0.25, 0.3) is 0 Å². The third-order valence-corrected chi connectivity index (χ3v) is 5.46. The average Bonchev–Trinajstić information content (AvgIpc) is 2.84. The molecule has 37 heavy (non-hydrogen) atoms. The highest BCUT2D eigenvalue weighted by Crippen LogP contribution is 2.12. The summed E-state index contributed by atoms with van der Waals surface area (Å²) in [5.41, 5.74) is 0.680.